The van der Waals surface area contributed by atoms with Crippen LogP contribution >= 0.6 is 0 Å². The zero-order chi connectivity index (χ0) is 27.8. The Morgan fingerprint density at radius 2 is 1.79 bits per heavy atom. The highest BCUT2D eigenvalue weighted by Crippen LogP contribution is 2.40. The molecule has 39 heavy (non-hydrogen) atoms. The number of nitrogens with one attached hydrogen (secondary N) is 1. The highest BCUT2D eigenvalue weighted by molar-refractivity contribution is 5.98. The lowest BCUT2D eigenvalue weighted by molar-refractivity contribution is -0.119. The first-order valence-corrected chi connectivity index (χ1v) is 13.4. The number of rotatable bonds is 12. The summed E-state index contributed by atoms with van der Waals surface area (Å²) in [6, 6.07) is 11.9. The Morgan fingerprint density at radius 3 is 2.46 bits per heavy atom. The molecule has 0 aromatic heterocycles. The summed E-state index contributed by atoms with van der Waals surface area (Å²) in [6.07, 6.45) is 1.53. The second kappa shape index (κ2) is 13.5. The summed E-state index contributed by atoms with van der Waals surface area (Å²) in [5, 5.41) is 3.03. The Balaban J connectivity index is 1.22. The number of carbonyl (C=O) groups excluding carboxylic acids is 2. The standard InChI is InChI=1S/C29H40N4O6/c1-31(20-22-8-11-26(34)30-22)19-21-6-5-7-23(18-21)39-17-16-32-12-14-33(15-13-32)29(35)24-9-10-25(36-2)28(38-4)27(24)37-3/h5-7,9-10,18,22H,8,11-17,19-20H2,1-4H3,(H,30,34). The zero-order valence-corrected chi connectivity index (χ0v) is 23.4. The lowest BCUT2D eigenvalue weighted by atomic mass is 10.1. The van der Waals surface area contributed by atoms with Crippen LogP contribution in [0.4, 0.5) is 0 Å². The molecule has 212 valence electrons. The minimum absolute atomic E-state index is 0.0826. The van der Waals surface area contributed by atoms with E-state index < -0.39 is 0 Å². The number of hydrogen-bond acceptors (Lipinski definition) is 8. The number of nitrogens with zero attached hydrogens (tertiary/aromatic N) is 3. The van der Waals surface area contributed by atoms with Gasteiger partial charge in [-0.3, -0.25) is 14.5 Å². The van der Waals surface area contributed by atoms with Gasteiger partial charge in [0.05, 0.1) is 26.9 Å². The molecule has 2 aromatic rings. The van der Waals surface area contributed by atoms with E-state index >= 15 is 0 Å². The van der Waals surface area contributed by atoms with Crippen LogP contribution in [0.3, 0.4) is 0 Å². The van der Waals surface area contributed by atoms with Crippen molar-refractivity contribution < 1.29 is 28.5 Å². The van der Waals surface area contributed by atoms with Gasteiger partial charge in [-0.15, -0.1) is 0 Å². The van der Waals surface area contributed by atoms with E-state index in [0.29, 0.717) is 48.9 Å². The fourth-order valence-corrected chi connectivity index (χ4v) is 5.21. The summed E-state index contributed by atoms with van der Waals surface area (Å²) in [4.78, 5) is 31.1. The minimum Gasteiger partial charge on any atom is -0.493 e. The number of hydrogen-bond donors (Lipinski definition) is 1. The topological polar surface area (TPSA) is 92.8 Å². The molecule has 0 spiro atoms. The molecular weight excluding hydrogens is 500 g/mol. The van der Waals surface area contributed by atoms with Gasteiger partial charge in [0.25, 0.3) is 5.91 Å². The first kappa shape index (κ1) is 28.5. The molecule has 10 heteroatoms. The highest BCUT2D eigenvalue weighted by Gasteiger charge is 2.27. The van der Waals surface area contributed by atoms with Crippen molar-refractivity contribution in [2.24, 2.45) is 0 Å². The maximum Gasteiger partial charge on any atom is 0.257 e. The van der Waals surface area contributed by atoms with Crippen molar-refractivity contribution >= 4 is 11.8 Å². The molecule has 2 amide bonds. The highest BCUT2D eigenvalue weighted by atomic mass is 16.5. The largest absolute Gasteiger partial charge is 0.493 e. The molecule has 1 atom stereocenters. The first-order valence-electron chi connectivity index (χ1n) is 13.4. The predicted octanol–water partition coefficient (Wildman–Crippen LogP) is 2.26. The van der Waals surface area contributed by atoms with Crippen LogP contribution in [0.25, 0.3) is 0 Å². The molecular formula is C29H40N4O6. The van der Waals surface area contributed by atoms with Gasteiger partial charge in [0.1, 0.15) is 12.4 Å². The van der Waals surface area contributed by atoms with Gasteiger partial charge in [0.2, 0.25) is 11.7 Å². The van der Waals surface area contributed by atoms with Crippen LogP contribution < -0.4 is 24.3 Å². The van der Waals surface area contributed by atoms with Gasteiger partial charge in [-0.25, -0.2) is 0 Å². The molecule has 1 N–H and O–H groups in total. The predicted molar refractivity (Wildman–Crippen MR) is 148 cm³/mol. The number of carbonyl (C=O) groups is 2. The normalized spacial score (nSPS) is 17.7. The average Bonchev–Trinajstić information content (AvgIpc) is 3.36. The Hall–Kier alpha value is -3.50. The van der Waals surface area contributed by atoms with E-state index in [1.54, 1.807) is 19.2 Å². The molecule has 0 aliphatic carbocycles. The molecule has 2 aromatic carbocycles. The third-order valence-corrected chi connectivity index (χ3v) is 7.24. The summed E-state index contributed by atoms with van der Waals surface area (Å²) in [5.74, 6) is 2.24. The monoisotopic (exact) mass is 540 g/mol. The van der Waals surface area contributed by atoms with Crippen molar-refractivity contribution in [2.75, 3.05) is 74.3 Å². The Labute approximate surface area is 230 Å². The van der Waals surface area contributed by atoms with Gasteiger partial charge >= 0.3 is 0 Å². The van der Waals surface area contributed by atoms with E-state index in [9.17, 15) is 9.59 Å². The van der Waals surface area contributed by atoms with Gasteiger partial charge in [-0.2, -0.15) is 0 Å². The van der Waals surface area contributed by atoms with Crippen molar-refractivity contribution in [3.05, 3.63) is 47.5 Å². The summed E-state index contributed by atoms with van der Waals surface area (Å²) in [6.45, 7) is 5.78. The number of ether oxygens (including phenoxy) is 4. The molecule has 2 aliphatic rings. The number of piperazine rings is 1. The molecule has 2 saturated heterocycles. The molecule has 4 rings (SSSR count). The van der Waals surface area contributed by atoms with Crippen LogP contribution in [0.1, 0.15) is 28.8 Å². The van der Waals surface area contributed by atoms with E-state index in [1.807, 2.05) is 17.0 Å². The van der Waals surface area contributed by atoms with Crippen LogP contribution in [-0.4, -0.2) is 107 Å². The molecule has 1 unspecified atom stereocenters. The maximum absolute atomic E-state index is 13.3. The van der Waals surface area contributed by atoms with Crippen molar-refractivity contribution in [1.29, 1.82) is 0 Å². The molecule has 2 heterocycles. The SMILES string of the molecule is COc1ccc(C(=O)N2CCN(CCOc3cccc(CN(C)CC4CCC(=O)N4)c3)CC2)c(OC)c1OC. The first-order chi connectivity index (χ1) is 18.9. The Bertz CT molecular complexity index is 1130. The lowest BCUT2D eigenvalue weighted by Gasteiger charge is -2.35. The van der Waals surface area contributed by atoms with Crippen LogP contribution in [0.2, 0.25) is 0 Å². The van der Waals surface area contributed by atoms with E-state index in [-0.39, 0.29) is 17.9 Å². The van der Waals surface area contributed by atoms with E-state index in [4.69, 9.17) is 18.9 Å². The smallest absolute Gasteiger partial charge is 0.257 e. The van der Waals surface area contributed by atoms with E-state index in [1.165, 1.54) is 19.8 Å². The molecule has 0 saturated carbocycles. The fourth-order valence-electron chi connectivity index (χ4n) is 5.21. The third-order valence-electron chi connectivity index (χ3n) is 7.24. The Kier molecular flexibility index (Phi) is 9.89. The van der Waals surface area contributed by atoms with E-state index in [0.717, 1.165) is 44.9 Å². The van der Waals surface area contributed by atoms with Crippen molar-refractivity contribution in [3.63, 3.8) is 0 Å². The molecule has 2 aliphatic heterocycles. The van der Waals surface area contributed by atoms with Gasteiger partial charge in [0, 0.05) is 58.3 Å². The average molecular weight is 541 g/mol. The summed E-state index contributed by atoms with van der Waals surface area (Å²) >= 11 is 0. The summed E-state index contributed by atoms with van der Waals surface area (Å²) in [5.41, 5.74) is 1.64. The number of likely N-dealkylation sites (N-methyl/N-ethyl adjacent to an activating group) is 1. The second-order valence-corrected chi connectivity index (χ2v) is 10.0. The number of amides is 2. The maximum atomic E-state index is 13.3. The van der Waals surface area contributed by atoms with Crippen molar-refractivity contribution in [2.45, 2.75) is 25.4 Å². The van der Waals surface area contributed by atoms with Crippen molar-refractivity contribution in [1.82, 2.24) is 20.0 Å². The van der Waals surface area contributed by atoms with Gasteiger partial charge in [-0.1, -0.05) is 12.1 Å². The quantitative estimate of drug-likeness (QED) is 0.438. The summed E-state index contributed by atoms with van der Waals surface area (Å²) in [7, 11) is 6.68. The van der Waals surface area contributed by atoms with Crippen molar-refractivity contribution in [3.8, 4) is 23.0 Å². The molecule has 10 nitrogen and oxygen atoms in total. The summed E-state index contributed by atoms with van der Waals surface area (Å²) < 4.78 is 22.3. The Morgan fingerprint density at radius 1 is 1.03 bits per heavy atom. The van der Waals surface area contributed by atoms with E-state index in [2.05, 4.69) is 34.3 Å². The van der Waals surface area contributed by atoms with Gasteiger partial charge in [-0.05, 0) is 43.3 Å². The second-order valence-electron chi connectivity index (χ2n) is 10.0. The van der Waals surface area contributed by atoms with Gasteiger partial charge in [0.15, 0.2) is 11.5 Å². The van der Waals surface area contributed by atoms with Crippen LogP contribution in [0.15, 0.2) is 36.4 Å². The molecule has 0 bridgehead atoms. The molecule has 2 fully saturated rings. The van der Waals surface area contributed by atoms with Crippen LogP contribution in [-0.2, 0) is 11.3 Å². The fraction of sp³-hybridized carbons (Fsp3) is 0.517. The van der Waals surface area contributed by atoms with Gasteiger partial charge < -0.3 is 34.1 Å². The third kappa shape index (κ3) is 7.33. The van der Waals surface area contributed by atoms with Crippen LogP contribution in [0.5, 0.6) is 23.0 Å². The van der Waals surface area contributed by atoms with Crippen LogP contribution in [0, 0.1) is 0 Å². The molecule has 0 radical (unpaired) electrons. The number of benzene rings is 2. The zero-order valence-electron chi connectivity index (χ0n) is 23.4. The lowest BCUT2D eigenvalue weighted by Crippen LogP contribution is -2.49. The number of methoxy groups -OCH3 is 3. The minimum atomic E-state index is -0.0826.